The van der Waals surface area contributed by atoms with Crippen LogP contribution in [0.25, 0.3) is 0 Å². The van der Waals surface area contributed by atoms with Gasteiger partial charge in [-0.3, -0.25) is 0 Å². The molecule has 2 N–H and O–H groups in total. The SMILES string of the molecule is CCOC(=O)C1=C(CSc2ccccc2Br)NC(=O)NC1c1ccco1. The fraction of sp³-hybridized carbons (Fsp3) is 0.222. The molecule has 1 aliphatic rings. The molecule has 1 aliphatic heterocycles. The standard InChI is InChI=1S/C18H17BrN2O4S/c1-2-24-17(22)15-12(10-26-14-8-4-3-6-11(14)19)20-18(23)21-16(15)13-7-5-9-25-13/h3-9,16H,2,10H2,1H3,(H2,20,21,23). The van der Waals surface area contributed by atoms with Crippen molar-refractivity contribution in [1.82, 2.24) is 10.6 Å². The molecule has 8 heteroatoms. The monoisotopic (exact) mass is 436 g/mol. The minimum absolute atomic E-state index is 0.242. The Hall–Kier alpha value is -2.19. The summed E-state index contributed by atoms with van der Waals surface area (Å²) in [4.78, 5) is 25.7. The third-order valence-electron chi connectivity index (χ3n) is 3.69. The van der Waals surface area contributed by atoms with Crippen molar-refractivity contribution in [2.45, 2.75) is 17.9 Å². The second-order valence-electron chi connectivity index (χ2n) is 5.38. The van der Waals surface area contributed by atoms with E-state index < -0.39 is 12.0 Å². The topological polar surface area (TPSA) is 80.6 Å². The largest absolute Gasteiger partial charge is 0.467 e. The Kier molecular flexibility index (Phi) is 6.05. The average Bonchev–Trinajstić information content (AvgIpc) is 3.15. The van der Waals surface area contributed by atoms with E-state index in [9.17, 15) is 9.59 Å². The number of benzene rings is 1. The molecular formula is C18H17BrN2O4S. The van der Waals surface area contributed by atoms with Gasteiger partial charge in [-0.25, -0.2) is 9.59 Å². The maximum Gasteiger partial charge on any atom is 0.338 e. The van der Waals surface area contributed by atoms with E-state index in [0.29, 0.717) is 22.8 Å². The third-order valence-corrected chi connectivity index (χ3v) is 5.74. The molecule has 1 aromatic carbocycles. The first kappa shape index (κ1) is 18.6. The zero-order chi connectivity index (χ0) is 18.5. The molecule has 0 fully saturated rings. The molecule has 2 amide bonds. The molecule has 6 nitrogen and oxygen atoms in total. The van der Waals surface area contributed by atoms with Crippen molar-refractivity contribution >= 4 is 39.7 Å². The zero-order valence-electron chi connectivity index (χ0n) is 14.0. The quantitative estimate of drug-likeness (QED) is 0.528. The van der Waals surface area contributed by atoms with Crippen LogP contribution in [0.15, 0.2) is 67.7 Å². The van der Waals surface area contributed by atoms with E-state index in [1.54, 1.807) is 19.1 Å². The number of thioether (sulfide) groups is 1. The molecule has 0 saturated heterocycles. The Morgan fingerprint density at radius 2 is 2.12 bits per heavy atom. The highest BCUT2D eigenvalue weighted by Gasteiger charge is 2.35. The van der Waals surface area contributed by atoms with E-state index in [-0.39, 0.29) is 12.6 Å². The Morgan fingerprint density at radius 1 is 1.31 bits per heavy atom. The number of furan rings is 1. The Bertz CT molecular complexity index is 835. The molecule has 2 aromatic rings. The lowest BCUT2D eigenvalue weighted by molar-refractivity contribution is -0.139. The van der Waals surface area contributed by atoms with Gasteiger partial charge < -0.3 is 19.8 Å². The molecule has 1 unspecified atom stereocenters. The molecular weight excluding hydrogens is 420 g/mol. The van der Waals surface area contributed by atoms with Gasteiger partial charge in [0.25, 0.3) is 0 Å². The number of urea groups is 1. The molecule has 0 radical (unpaired) electrons. The number of carbonyl (C=O) groups excluding carboxylic acids is 2. The van der Waals surface area contributed by atoms with Gasteiger partial charge in [0.1, 0.15) is 11.8 Å². The van der Waals surface area contributed by atoms with Crippen molar-refractivity contribution in [2.24, 2.45) is 0 Å². The van der Waals surface area contributed by atoms with Gasteiger partial charge in [-0.15, -0.1) is 11.8 Å². The summed E-state index contributed by atoms with van der Waals surface area (Å²) in [5.74, 6) is 0.400. The van der Waals surface area contributed by atoms with E-state index in [1.165, 1.54) is 18.0 Å². The highest BCUT2D eigenvalue weighted by Crippen LogP contribution is 2.33. The van der Waals surface area contributed by atoms with Crippen molar-refractivity contribution in [3.63, 3.8) is 0 Å². The van der Waals surface area contributed by atoms with Gasteiger partial charge in [-0.2, -0.15) is 0 Å². The molecule has 26 heavy (non-hydrogen) atoms. The van der Waals surface area contributed by atoms with Crippen LogP contribution >= 0.6 is 27.7 Å². The number of halogens is 1. The maximum absolute atomic E-state index is 12.6. The minimum atomic E-state index is -0.687. The molecule has 3 rings (SSSR count). The Morgan fingerprint density at radius 3 is 2.81 bits per heavy atom. The van der Waals surface area contributed by atoms with Crippen molar-refractivity contribution in [3.8, 4) is 0 Å². The van der Waals surface area contributed by atoms with Gasteiger partial charge >= 0.3 is 12.0 Å². The van der Waals surface area contributed by atoms with Crippen LogP contribution in [0.5, 0.6) is 0 Å². The van der Waals surface area contributed by atoms with Gasteiger partial charge in [0, 0.05) is 20.8 Å². The Balaban J connectivity index is 1.94. The summed E-state index contributed by atoms with van der Waals surface area (Å²) in [6.45, 7) is 1.98. The molecule has 1 atom stereocenters. The highest BCUT2D eigenvalue weighted by atomic mass is 79.9. The Labute approximate surface area is 163 Å². The number of hydrogen-bond acceptors (Lipinski definition) is 5. The van der Waals surface area contributed by atoms with E-state index in [2.05, 4.69) is 26.6 Å². The predicted molar refractivity (Wildman–Crippen MR) is 102 cm³/mol. The van der Waals surface area contributed by atoms with E-state index in [4.69, 9.17) is 9.15 Å². The van der Waals surface area contributed by atoms with Crippen LogP contribution in [-0.4, -0.2) is 24.4 Å². The normalized spacial score (nSPS) is 16.8. The maximum atomic E-state index is 12.6. The number of amides is 2. The number of esters is 1. The third kappa shape index (κ3) is 4.13. The molecule has 0 spiro atoms. The molecule has 2 heterocycles. The summed E-state index contributed by atoms with van der Waals surface area (Å²) < 4.78 is 11.6. The van der Waals surface area contributed by atoms with Gasteiger partial charge in [-0.05, 0) is 47.1 Å². The number of nitrogens with one attached hydrogen (secondary N) is 2. The van der Waals surface area contributed by atoms with Gasteiger partial charge in [0.2, 0.25) is 0 Å². The number of hydrogen-bond donors (Lipinski definition) is 2. The summed E-state index contributed by atoms with van der Waals surface area (Å²) in [6, 6.07) is 10.1. The lowest BCUT2D eigenvalue weighted by atomic mass is 10.0. The fourth-order valence-corrected chi connectivity index (χ4v) is 4.10. The molecule has 136 valence electrons. The van der Waals surface area contributed by atoms with Crippen LogP contribution in [0.4, 0.5) is 4.79 Å². The van der Waals surface area contributed by atoms with Crippen molar-refractivity contribution < 1.29 is 18.7 Å². The number of ether oxygens (including phenoxy) is 1. The minimum Gasteiger partial charge on any atom is -0.467 e. The summed E-state index contributed by atoms with van der Waals surface area (Å²) in [6.07, 6.45) is 1.50. The summed E-state index contributed by atoms with van der Waals surface area (Å²) in [7, 11) is 0. The van der Waals surface area contributed by atoms with Gasteiger partial charge in [-0.1, -0.05) is 12.1 Å². The van der Waals surface area contributed by atoms with Gasteiger partial charge in [0.15, 0.2) is 0 Å². The van der Waals surface area contributed by atoms with Crippen LogP contribution in [-0.2, 0) is 9.53 Å². The molecule has 1 aromatic heterocycles. The van der Waals surface area contributed by atoms with Crippen molar-refractivity contribution in [3.05, 3.63) is 64.2 Å². The summed E-state index contributed by atoms with van der Waals surface area (Å²) in [5.41, 5.74) is 0.857. The van der Waals surface area contributed by atoms with Crippen LogP contribution in [0, 0.1) is 0 Å². The van der Waals surface area contributed by atoms with Gasteiger partial charge in [0.05, 0.1) is 18.4 Å². The van der Waals surface area contributed by atoms with Crippen LogP contribution in [0.1, 0.15) is 18.7 Å². The van der Waals surface area contributed by atoms with E-state index >= 15 is 0 Å². The van der Waals surface area contributed by atoms with Crippen molar-refractivity contribution in [2.75, 3.05) is 12.4 Å². The first-order valence-electron chi connectivity index (χ1n) is 7.98. The first-order valence-corrected chi connectivity index (χ1v) is 9.76. The smallest absolute Gasteiger partial charge is 0.338 e. The summed E-state index contributed by atoms with van der Waals surface area (Å²) in [5, 5.41) is 5.47. The van der Waals surface area contributed by atoms with E-state index in [0.717, 1.165) is 9.37 Å². The molecule has 0 saturated carbocycles. The second kappa shape index (κ2) is 8.46. The van der Waals surface area contributed by atoms with E-state index in [1.807, 2.05) is 24.3 Å². The first-order chi connectivity index (χ1) is 12.6. The highest BCUT2D eigenvalue weighted by molar-refractivity contribution is 9.10. The number of rotatable bonds is 6. The molecule has 0 aliphatic carbocycles. The summed E-state index contributed by atoms with van der Waals surface area (Å²) >= 11 is 5.01. The lowest BCUT2D eigenvalue weighted by Crippen LogP contribution is -2.46. The average molecular weight is 437 g/mol. The van der Waals surface area contributed by atoms with Crippen LogP contribution in [0.2, 0.25) is 0 Å². The second-order valence-corrected chi connectivity index (χ2v) is 7.25. The fourth-order valence-electron chi connectivity index (χ4n) is 2.56. The zero-order valence-corrected chi connectivity index (χ0v) is 16.4. The lowest BCUT2D eigenvalue weighted by Gasteiger charge is -2.27. The number of carbonyl (C=O) groups is 2. The predicted octanol–water partition coefficient (Wildman–Crippen LogP) is 4.01. The molecule has 0 bridgehead atoms. The van der Waals surface area contributed by atoms with Crippen molar-refractivity contribution in [1.29, 1.82) is 0 Å². The van der Waals surface area contributed by atoms with Crippen LogP contribution < -0.4 is 10.6 Å². The van der Waals surface area contributed by atoms with Crippen LogP contribution in [0.3, 0.4) is 0 Å².